The minimum Gasteiger partial charge on any atom is -0.481 e. The molecular weight excluding hydrogens is 568 g/mol. The lowest BCUT2D eigenvalue weighted by molar-refractivity contribution is -0.146. The number of hydrogen-bond acceptors (Lipinski definition) is 10. The van der Waals surface area contributed by atoms with Crippen LogP contribution in [0.3, 0.4) is 0 Å². The fourth-order valence-electron chi connectivity index (χ4n) is 5.30. The third-order valence-corrected chi connectivity index (χ3v) is 10.4. The highest BCUT2D eigenvalue weighted by Gasteiger charge is 2.46. The average Bonchev–Trinajstić information content (AvgIpc) is 3.34. The van der Waals surface area contributed by atoms with Crippen molar-refractivity contribution in [3.8, 4) is 22.4 Å². The van der Waals surface area contributed by atoms with Gasteiger partial charge in [0, 0.05) is 33.3 Å². The summed E-state index contributed by atoms with van der Waals surface area (Å²) in [4.78, 5) is 38.2. The second-order valence-corrected chi connectivity index (χ2v) is 13.2. The molecule has 1 saturated heterocycles. The summed E-state index contributed by atoms with van der Waals surface area (Å²) in [5.41, 5.74) is 2.85. The van der Waals surface area contributed by atoms with Crippen molar-refractivity contribution >= 4 is 33.8 Å². The highest BCUT2D eigenvalue weighted by atomic mass is 32.2. The number of hydrogen-bond donors (Lipinski definition) is 2. The summed E-state index contributed by atoms with van der Waals surface area (Å²) in [6.07, 6.45) is 0.481. The van der Waals surface area contributed by atoms with Gasteiger partial charge in [0.25, 0.3) is 10.0 Å². The molecule has 2 N–H and O–H groups in total. The van der Waals surface area contributed by atoms with Crippen molar-refractivity contribution in [2.45, 2.75) is 42.8 Å². The maximum absolute atomic E-state index is 13.0. The van der Waals surface area contributed by atoms with Crippen LogP contribution in [0.1, 0.15) is 31.9 Å². The Kier molecular flexibility index (Phi) is 9.30. The zero-order valence-electron chi connectivity index (χ0n) is 22.9. The van der Waals surface area contributed by atoms with Crippen molar-refractivity contribution in [2.24, 2.45) is 16.4 Å². The molecule has 0 bridgehead atoms. The van der Waals surface area contributed by atoms with E-state index < -0.39 is 44.9 Å². The number of nitrogens with one attached hydrogen (secondary N) is 1. The molecule has 0 aliphatic carbocycles. The number of nitrogens with zero attached hydrogens (tertiary/aromatic N) is 3. The molecule has 11 nitrogen and oxygen atoms in total. The number of piperidine rings is 1. The Bertz CT molecular complexity index is 1500. The Balaban J connectivity index is 1.50. The largest absolute Gasteiger partial charge is 0.481 e. The number of aliphatic carboxylic acids is 1. The first kappa shape index (κ1) is 30.4. The SMILES string of the molecule is Cc1onc(-c2ccccc2)c1-c1ccc(S(=O)(=O)NC(=O)CC(C(=O)O)C(C)C2(SN=O)CCN(C)CC2)cc1. The van der Waals surface area contributed by atoms with Gasteiger partial charge in [-0.15, -0.1) is 4.91 Å². The number of carboxylic acid groups (broad SMARTS) is 1. The predicted molar refractivity (Wildman–Crippen MR) is 155 cm³/mol. The lowest BCUT2D eigenvalue weighted by Crippen LogP contribution is -2.48. The van der Waals surface area contributed by atoms with E-state index in [0.717, 1.165) is 17.5 Å². The Labute approximate surface area is 242 Å². The van der Waals surface area contributed by atoms with Crippen LogP contribution < -0.4 is 4.72 Å². The van der Waals surface area contributed by atoms with Crippen LogP contribution in [0.25, 0.3) is 22.4 Å². The molecule has 0 saturated carbocycles. The van der Waals surface area contributed by atoms with Crippen LogP contribution in [0.2, 0.25) is 0 Å². The zero-order chi connectivity index (χ0) is 29.8. The number of benzene rings is 2. The van der Waals surface area contributed by atoms with E-state index in [4.69, 9.17) is 4.52 Å². The fraction of sp³-hybridized carbons (Fsp3) is 0.393. The summed E-state index contributed by atoms with van der Waals surface area (Å²) in [5, 5.41) is 14.1. The van der Waals surface area contributed by atoms with Crippen LogP contribution in [-0.2, 0) is 19.6 Å². The number of likely N-dealkylation sites (tertiary alicyclic amines) is 1. The molecule has 218 valence electrons. The number of aromatic nitrogens is 1. The molecule has 2 unspecified atom stereocenters. The van der Waals surface area contributed by atoms with Gasteiger partial charge in [-0.3, -0.25) is 9.59 Å². The number of aryl methyl sites for hydroxylation is 1. The lowest BCUT2D eigenvalue weighted by atomic mass is 9.75. The van der Waals surface area contributed by atoms with Gasteiger partial charge in [0.2, 0.25) is 5.91 Å². The van der Waals surface area contributed by atoms with E-state index >= 15 is 0 Å². The van der Waals surface area contributed by atoms with Crippen LogP contribution in [0.15, 0.2) is 68.6 Å². The highest BCUT2D eigenvalue weighted by Crippen LogP contribution is 2.46. The van der Waals surface area contributed by atoms with E-state index in [-0.39, 0.29) is 4.90 Å². The average molecular weight is 601 g/mol. The monoisotopic (exact) mass is 600 g/mol. The molecule has 4 rings (SSSR count). The summed E-state index contributed by atoms with van der Waals surface area (Å²) in [6, 6.07) is 15.4. The number of rotatable bonds is 11. The van der Waals surface area contributed by atoms with E-state index in [1.807, 2.05) is 42.1 Å². The molecule has 2 aromatic carbocycles. The van der Waals surface area contributed by atoms with Crippen LogP contribution in [-0.4, -0.2) is 60.3 Å². The van der Waals surface area contributed by atoms with Crippen LogP contribution >= 0.6 is 11.9 Å². The van der Waals surface area contributed by atoms with Crippen molar-refractivity contribution in [3.05, 3.63) is 65.3 Å². The molecule has 41 heavy (non-hydrogen) atoms. The molecule has 1 aliphatic heterocycles. The molecule has 1 amide bonds. The normalized spacial score (nSPS) is 17.0. The number of sulfonamides is 1. The number of carbonyl (C=O) groups excluding carboxylic acids is 1. The molecular formula is C28H32N4O7S2. The van der Waals surface area contributed by atoms with E-state index in [9.17, 15) is 28.0 Å². The lowest BCUT2D eigenvalue weighted by Gasteiger charge is -2.43. The molecule has 13 heteroatoms. The zero-order valence-corrected chi connectivity index (χ0v) is 24.6. The van der Waals surface area contributed by atoms with Gasteiger partial charge in [-0.2, -0.15) is 0 Å². The van der Waals surface area contributed by atoms with E-state index in [1.54, 1.807) is 26.0 Å². The van der Waals surface area contributed by atoms with Crippen LogP contribution in [0.4, 0.5) is 0 Å². The summed E-state index contributed by atoms with van der Waals surface area (Å²) in [6.45, 7) is 4.74. The second-order valence-electron chi connectivity index (χ2n) is 10.4. The Morgan fingerprint density at radius 2 is 1.76 bits per heavy atom. The van der Waals surface area contributed by atoms with Crippen molar-refractivity contribution in [2.75, 3.05) is 20.1 Å². The molecule has 2 atom stereocenters. The summed E-state index contributed by atoms with van der Waals surface area (Å²) >= 11 is 0.812. The molecule has 2 heterocycles. The van der Waals surface area contributed by atoms with E-state index in [2.05, 4.69) is 14.6 Å². The minimum atomic E-state index is -4.28. The first-order valence-electron chi connectivity index (χ1n) is 13.1. The van der Waals surface area contributed by atoms with Crippen molar-refractivity contribution in [1.82, 2.24) is 14.8 Å². The molecule has 1 fully saturated rings. The standard InChI is InChI=1S/C28H32N4O7S2/c1-18(28(40-31-36)13-15-32(3)16-14-28)23(27(34)35)17-24(33)30-41(37,38)22-11-9-20(10-12-22)25-19(2)39-29-26(25)21-7-5-4-6-8-21/h4-12,18,23H,13-17H2,1-3H3,(H,30,33)(H,34,35). The van der Waals surface area contributed by atoms with Gasteiger partial charge in [-0.05, 0) is 63.5 Å². The quantitative estimate of drug-likeness (QED) is 0.233. The smallest absolute Gasteiger partial charge is 0.307 e. The Morgan fingerprint density at radius 3 is 2.34 bits per heavy atom. The predicted octanol–water partition coefficient (Wildman–Crippen LogP) is 4.73. The molecule has 3 aromatic rings. The third-order valence-electron chi connectivity index (χ3n) is 7.82. The minimum absolute atomic E-state index is 0.155. The molecule has 0 spiro atoms. The van der Waals surface area contributed by atoms with Gasteiger partial charge in [-0.25, -0.2) is 13.1 Å². The molecule has 1 aromatic heterocycles. The Morgan fingerprint density at radius 1 is 1.12 bits per heavy atom. The highest BCUT2D eigenvalue weighted by molar-refractivity contribution is 7.99. The molecule has 1 aliphatic rings. The Hall–Kier alpha value is -3.55. The maximum atomic E-state index is 13.0. The number of nitroso groups, excluding NO2 is 1. The fourth-order valence-corrected chi connectivity index (χ4v) is 7.14. The van der Waals surface area contributed by atoms with Crippen LogP contribution in [0, 0.1) is 23.7 Å². The molecule has 0 radical (unpaired) electrons. The van der Waals surface area contributed by atoms with E-state index in [1.165, 1.54) is 12.1 Å². The van der Waals surface area contributed by atoms with Crippen molar-refractivity contribution < 1.29 is 27.6 Å². The van der Waals surface area contributed by atoms with Crippen molar-refractivity contribution in [1.29, 1.82) is 0 Å². The van der Waals surface area contributed by atoms with Crippen LogP contribution in [0.5, 0.6) is 0 Å². The first-order chi connectivity index (χ1) is 19.5. The van der Waals surface area contributed by atoms with Gasteiger partial charge < -0.3 is 14.5 Å². The maximum Gasteiger partial charge on any atom is 0.307 e. The van der Waals surface area contributed by atoms with Gasteiger partial charge in [-0.1, -0.05) is 54.5 Å². The van der Waals surface area contributed by atoms with E-state index in [0.29, 0.717) is 48.5 Å². The van der Waals surface area contributed by atoms with Crippen molar-refractivity contribution in [3.63, 3.8) is 0 Å². The summed E-state index contributed by atoms with van der Waals surface area (Å²) < 4.78 is 35.7. The third kappa shape index (κ3) is 6.68. The van der Waals surface area contributed by atoms with Gasteiger partial charge in [0.15, 0.2) is 0 Å². The summed E-state index contributed by atoms with van der Waals surface area (Å²) in [7, 11) is -2.35. The van der Waals surface area contributed by atoms with Gasteiger partial charge >= 0.3 is 5.97 Å². The summed E-state index contributed by atoms with van der Waals surface area (Å²) in [5.74, 6) is -3.45. The topological polar surface area (TPSA) is 159 Å². The first-order valence-corrected chi connectivity index (χ1v) is 15.3. The van der Waals surface area contributed by atoms with Gasteiger partial charge in [0.1, 0.15) is 11.5 Å². The number of carboxylic acids is 1. The number of carbonyl (C=O) groups is 2. The number of amides is 1. The van der Waals surface area contributed by atoms with Gasteiger partial charge in [0.05, 0.1) is 16.4 Å². The second kappa shape index (κ2) is 12.5.